The summed E-state index contributed by atoms with van der Waals surface area (Å²) in [5.41, 5.74) is 1.67. The van der Waals surface area contributed by atoms with Gasteiger partial charge in [0, 0.05) is 31.1 Å². The predicted molar refractivity (Wildman–Crippen MR) is 124 cm³/mol. The monoisotopic (exact) mass is 483 g/mol. The van der Waals surface area contributed by atoms with Crippen molar-refractivity contribution in [1.29, 1.82) is 0 Å². The highest BCUT2D eigenvalue weighted by atomic mass is 32.2. The van der Waals surface area contributed by atoms with Gasteiger partial charge in [-0.15, -0.1) is 0 Å². The van der Waals surface area contributed by atoms with Crippen LogP contribution in [0.2, 0.25) is 0 Å². The molecule has 1 aliphatic heterocycles. The fourth-order valence-electron chi connectivity index (χ4n) is 3.29. The molecule has 3 heterocycles. The number of sulfonamides is 1. The summed E-state index contributed by atoms with van der Waals surface area (Å²) in [5.74, 6) is -0.702. The Morgan fingerprint density at radius 2 is 2.03 bits per heavy atom. The Morgan fingerprint density at radius 3 is 2.74 bits per heavy atom. The Balaban J connectivity index is 1.56. The number of nitrogens with zero attached hydrogens (tertiary/aromatic N) is 3. The summed E-state index contributed by atoms with van der Waals surface area (Å²) >= 11 is 0. The lowest BCUT2D eigenvalue weighted by atomic mass is 10.2. The number of aryl methyl sites for hydroxylation is 1. The second-order valence-electron chi connectivity index (χ2n) is 7.82. The molecular formula is C23H25N5O5S. The number of pyridine rings is 1. The van der Waals surface area contributed by atoms with Crippen LogP contribution in [0.5, 0.6) is 5.88 Å². The molecule has 1 unspecified atom stereocenters. The lowest BCUT2D eigenvalue weighted by Gasteiger charge is -2.14. The molecule has 0 radical (unpaired) electrons. The van der Waals surface area contributed by atoms with Gasteiger partial charge in [0.15, 0.2) is 5.69 Å². The van der Waals surface area contributed by atoms with Crippen LogP contribution in [0, 0.1) is 6.92 Å². The topological polar surface area (TPSA) is 132 Å². The number of benzene rings is 1. The van der Waals surface area contributed by atoms with Gasteiger partial charge in [0.2, 0.25) is 5.82 Å². The van der Waals surface area contributed by atoms with Crippen LogP contribution in [0.1, 0.15) is 34.5 Å². The van der Waals surface area contributed by atoms with E-state index < -0.39 is 15.9 Å². The van der Waals surface area contributed by atoms with Gasteiger partial charge in [-0.1, -0.05) is 23.8 Å². The number of carbonyl (C=O) groups excluding carboxylic acids is 1. The zero-order valence-electron chi connectivity index (χ0n) is 18.6. The maximum atomic E-state index is 12.9. The van der Waals surface area contributed by atoms with Crippen LogP contribution in [0.15, 0.2) is 59.9 Å². The van der Waals surface area contributed by atoms with Gasteiger partial charge in [-0.05, 0) is 38.0 Å². The summed E-state index contributed by atoms with van der Waals surface area (Å²) in [4.78, 5) is 25.1. The molecule has 1 fully saturated rings. The summed E-state index contributed by atoms with van der Waals surface area (Å²) < 4.78 is 39.4. The zero-order valence-corrected chi connectivity index (χ0v) is 19.4. The highest BCUT2D eigenvalue weighted by molar-refractivity contribution is 7.92. The van der Waals surface area contributed by atoms with Crippen LogP contribution < -0.4 is 14.8 Å². The smallest absolute Gasteiger partial charge is 0.271 e. The molecule has 11 heteroatoms. The zero-order chi connectivity index (χ0) is 24.0. The van der Waals surface area contributed by atoms with E-state index >= 15 is 0 Å². The Morgan fingerprint density at radius 1 is 1.21 bits per heavy atom. The van der Waals surface area contributed by atoms with E-state index in [0.717, 1.165) is 24.0 Å². The summed E-state index contributed by atoms with van der Waals surface area (Å²) in [5, 5.41) is 2.77. The molecule has 0 spiro atoms. The lowest BCUT2D eigenvalue weighted by molar-refractivity contribution is 0.0852. The molecule has 34 heavy (non-hydrogen) atoms. The summed E-state index contributed by atoms with van der Waals surface area (Å²) in [6.45, 7) is 2.96. The third kappa shape index (κ3) is 6.06. The van der Waals surface area contributed by atoms with Gasteiger partial charge in [0.25, 0.3) is 21.8 Å². The molecule has 2 aromatic heterocycles. The van der Waals surface area contributed by atoms with Crippen LogP contribution in [0.25, 0.3) is 0 Å². The van der Waals surface area contributed by atoms with Gasteiger partial charge in [0.05, 0.1) is 17.2 Å². The van der Waals surface area contributed by atoms with Crippen LogP contribution >= 0.6 is 0 Å². The summed E-state index contributed by atoms with van der Waals surface area (Å²) in [6, 6.07) is 9.93. The van der Waals surface area contributed by atoms with E-state index in [0.29, 0.717) is 13.2 Å². The summed E-state index contributed by atoms with van der Waals surface area (Å²) in [6.07, 6.45) is 6.26. The molecule has 0 bridgehead atoms. The first-order chi connectivity index (χ1) is 16.4. The molecule has 10 nitrogen and oxygen atoms in total. The van der Waals surface area contributed by atoms with Crippen LogP contribution in [0.4, 0.5) is 5.82 Å². The van der Waals surface area contributed by atoms with Crippen molar-refractivity contribution in [3.05, 3.63) is 71.8 Å². The number of carbonyl (C=O) groups is 1. The van der Waals surface area contributed by atoms with Crippen molar-refractivity contribution in [2.75, 3.05) is 17.9 Å². The van der Waals surface area contributed by atoms with Crippen molar-refractivity contribution in [2.45, 2.75) is 37.4 Å². The normalized spacial score (nSPS) is 15.6. The van der Waals surface area contributed by atoms with E-state index in [9.17, 15) is 13.2 Å². The molecule has 1 saturated heterocycles. The van der Waals surface area contributed by atoms with Crippen molar-refractivity contribution in [3.63, 3.8) is 0 Å². The van der Waals surface area contributed by atoms with E-state index in [2.05, 4.69) is 25.0 Å². The van der Waals surface area contributed by atoms with Gasteiger partial charge < -0.3 is 14.8 Å². The minimum atomic E-state index is -3.95. The van der Waals surface area contributed by atoms with Crippen molar-refractivity contribution in [3.8, 4) is 5.88 Å². The molecule has 178 valence electrons. The second-order valence-corrected chi connectivity index (χ2v) is 9.50. The SMILES string of the molecule is Cc1ccc(S(=O)(=O)Nc2ncc(C(=O)NCC3CCCO3)nc2OCc2cccnc2)cc1. The Labute approximate surface area is 197 Å². The first-order valence-corrected chi connectivity index (χ1v) is 12.3. The average molecular weight is 484 g/mol. The first-order valence-electron chi connectivity index (χ1n) is 10.8. The predicted octanol–water partition coefficient (Wildman–Crippen LogP) is 2.47. The molecule has 1 aromatic carbocycles. The molecule has 3 aromatic rings. The third-order valence-corrected chi connectivity index (χ3v) is 6.50. The summed E-state index contributed by atoms with van der Waals surface area (Å²) in [7, 11) is -3.95. The van der Waals surface area contributed by atoms with Gasteiger partial charge in [-0.3, -0.25) is 14.5 Å². The Kier molecular flexibility index (Phi) is 7.33. The molecular weight excluding hydrogens is 458 g/mol. The largest absolute Gasteiger partial charge is 0.470 e. The number of ether oxygens (including phenoxy) is 2. The number of anilines is 1. The molecule has 1 amide bonds. The quantitative estimate of drug-likeness (QED) is 0.474. The lowest BCUT2D eigenvalue weighted by Crippen LogP contribution is -2.32. The van der Waals surface area contributed by atoms with Crippen LogP contribution in [0.3, 0.4) is 0 Å². The number of rotatable bonds is 9. The highest BCUT2D eigenvalue weighted by Crippen LogP contribution is 2.24. The molecule has 0 saturated carbocycles. The molecule has 1 atom stereocenters. The van der Waals surface area contributed by atoms with E-state index in [1.807, 2.05) is 6.92 Å². The second kappa shape index (κ2) is 10.6. The fourth-order valence-corrected chi connectivity index (χ4v) is 4.30. The van der Waals surface area contributed by atoms with Gasteiger partial charge in [0.1, 0.15) is 6.61 Å². The molecule has 4 rings (SSSR count). The van der Waals surface area contributed by atoms with Gasteiger partial charge in [-0.2, -0.15) is 0 Å². The van der Waals surface area contributed by atoms with Crippen LogP contribution in [-0.4, -0.2) is 48.5 Å². The van der Waals surface area contributed by atoms with Crippen molar-refractivity contribution < 1.29 is 22.7 Å². The highest BCUT2D eigenvalue weighted by Gasteiger charge is 2.22. The number of amides is 1. The van der Waals surface area contributed by atoms with E-state index in [4.69, 9.17) is 9.47 Å². The molecule has 0 aliphatic carbocycles. The number of nitrogens with one attached hydrogen (secondary N) is 2. The molecule has 1 aliphatic rings. The minimum absolute atomic E-state index is 0.00234. The Hall–Kier alpha value is -3.57. The maximum Gasteiger partial charge on any atom is 0.271 e. The van der Waals surface area contributed by atoms with Crippen molar-refractivity contribution in [2.24, 2.45) is 0 Å². The third-order valence-electron chi connectivity index (χ3n) is 5.15. The number of hydrogen-bond acceptors (Lipinski definition) is 8. The van der Waals surface area contributed by atoms with Gasteiger partial charge in [-0.25, -0.2) is 18.4 Å². The minimum Gasteiger partial charge on any atom is -0.470 e. The Bertz CT molecular complexity index is 1230. The number of hydrogen-bond donors (Lipinski definition) is 2. The van der Waals surface area contributed by atoms with E-state index in [-0.39, 0.29) is 35.0 Å². The average Bonchev–Trinajstić information content (AvgIpc) is 3.36. The fraction of sp³-hybridized carbons (Fsp3) is 0.304. The van der Waals surface area contributed by atoms with Gasteiger partial charge >= 0.3 is 0 Å². The first kappa shape index (κ1) is 23.6. The number of aromatic nitrogens is 3. The van der Waals surface area contributed by atoms with Crippen LogP contribution in [-0.2, 0) is 21.4 Å². The van der Waals surface area contributed by atoms with E-state index in [1.54, 1.807) is 36.7 Å². The van der Waals surface area contributed by atoms with E-state index in [1.165, 1.54) is 18.3 Å². The van der Waals surface area contributed by atoms with Crippen molar-refractivity contribution >= 4 is 21.7 Å². The maximum absolute atomic E-state index is 12.9. The molecule has 2 N–H and O–H groups in total. The standard InChI is InChI=1S/C23H25N5O5S/c1-16-6-8-19(9-7-16)34(30,31)28-21-23(33-15-17-4-2-10-24-12-17)27-20(14-25-21)22(29)26-13-18-5-3-11-32-18/h2,4,6-10,12,14,18H,3,5,11,13,15H2,1H3,(H,25,28)(H,26,29). The van der Waals surface area contributed by atoms with Crippen molar-refractivity contribution in [1.82, 2.24) is 20.3 Å².